The zero-order valence-electron chi connectivity index (χ0n) is 7.20. The van der Waals surface area contributed by atoms with Crippen molar-refractivity contribution in [3.63, 3.8) is 0 Å². The molecule has 13 heavy (non-hydrogen) atoms. The fourth-order valence-corrected chi connectivity index (χ4v) is 1.43. The molecule has 0 saturated carbocycles. The quantitative estimate of drug-likeness (QED) is 0.738. The standard InChI is InChI=1S/C8H11FN4/c9-7-2-1-3-13(5-7)6-8-4-10-12-11-8/h2,4H,1,3,5-6H2,(H,10,11,12). The minimum absolute atomic E-state index is 0.0465. The first-order chi connectivity index (χ1) is 6.34. The molecule has 0 fully saturated rings. The number of rotatable bonds is 2. The summed E-state index contributed by atoms with van der Waals surface area (Å²) in [7, 11) is 0. The van der Waals surface area contributed by atoms with E-state index in [0.29, 0.717) is 13.1 Å². The van der Waals surface area contributed by atoms with E-state index in [9.17, 15) is 4.39 Å². The first kappa shape index (κ1) is 8.37. The number of aromatic amines is 1. The lowest BCUT2D eigenvalue weighted by Crippen LogP contribution is -2.28. The van der Waals surface area contributed by atoms with Crippen LogP contribution in [-0.2, 0) is 6.54 Å². The molecule has 1 aromatic rings. The van der Waals surface area contributed by atoms with Crippen molar-refractivity contribution in [1.29, 1.82) is 0 Å². The lowest BCUT2D eigenvalue weighted by atomic mass is 10.2. The van der Waals surface area contributed by atoms with Gasteiger partial charge in [0.05, 0.1) is 18.4 Å². The molecular weight excluding hydrogens is 171 g/mol. The number of nitrogens with zero attached hydrogens (tertiary/aromatic N) is 3. The van der Waals surface area contributed by atoms with Crippen LogP contribution in [0.4, 0.5) is 4.39 Å². The molecule has 0 spiro atoms. The van der Waals surface area contributed by atoms with Gasteiger partial charge in [0, 0.05) is 13.1 Å². The van der Waals surface area contributed by atoms with Gasteiger partial charge in [-0.15, -0.1) is 0 Å². The maximum absolute atomic E-state index is 12.8. The summed E-state index contributed by atoms with van der Waals surface area (Å²) >= 11 is 0. The average molecular weight is 182 g/mol. The normalized spacial score (nSPS) is 18.7. The Bertz CT molecular complexity index is 293. The van der Waals surface area contributed by atoms with Crippen molar-refractivity contribution in [1.82, 2.24) is 20.3 Å². The van der Waals surface area contributed by atoms with Crippen LogP contribution in [-0.4, -0.2) is 33.4 Å². The number of halogens is 1. The monoisotopic (exact) mass is 182 g/mol. The molecule has 0 radical (unpaired) electrons. The van der Waals surface area contributed by atoms with Gasteiger partial charge in [-0.2, -0.15) is 15.4 Å². The number of nitrogens with one attached hydrogen (secondary N) is 1. The summed E-state index contributed by atoms with van der Waals surface area (Å²) in [5, 5.41) is 10.1. The third-order valence-electron chi connectivity index (χ3n) is 2.04. The largest absolute Gasteiger partial charge is 0.290 e. The van der Waals surface area contributed by atoms with Crippen molar-refractivity contribution < 1.29 is 4.39 Å². The van der Waals surface area contributed by atoms with E-state index in [0.717, 1.165) is 18.7 Å². The molecule has 4 nitrogen and oxygen atoms in total. The van der Waals surface area contributed by atoms with Gasteiger partial charge in [-0.25, -0.2) is 4.39 Å². The lowest BCUT2D eigenvalue weighted by Gasteiger charge is -2.22. The van der Waals surface area contributed by atoms with Gasteiger partial charge in [-0.1, -0.05) is 6.08 Å². The Labute approximate surface area is 75.4 Å². The molecule has 5 heteroatoms. The van der Waals surface area contributed by atoms with E-state index in [1.165, 1.54) is 0 Å². The van der Waals surface area contributed by atoms with Gasteiger partial charge in [-0.05, 0) is 6.42 Å². The van der Waals surface area contributed by atoms with E-state index in [1.807, 2.05) is 4.90 Å². The molecule has 0 unspecified atom stereocenters. The van der Waals surface area contributed by atoms with E-state index in [1.54, 1.807) is 12.3 Å². The van der Waals surface area contributed by atoms with Gasteiger partial charge < -0.3 is 0 Å². The van der Waals surface area contributed by atoms with Gasteiger partial charge in [-0.3, -0.25) is 4.90 Å². The molecule has 2 heterocycles. The molecular formula is C8H11FN4. The number of aromatic nitrogens is 3. The molecule has 0 saturated heterocycles. The van der Waals surface area contributed by atoms with Crippen molar-refractivity contribution in [2.24, 2.45) is 0 Å². The van der Waals surface area contributed by atoms with Crippen LogP contribution in [0.1, 0.15) is 12.1 Å². The average Bonchev–Trinajstić information content (AvgIpc) is 2.57. The fraction of sp³-hybridized carbons (Fsp3) is 0.500. The van der Waals surface area contributed by atoms with Gasteiger partial charge in [0.25, 0.3) is 0 Å². The third-order valence-corrected chi connectivity index (χ3v) is 2.04. The number of hydrogen-bond acceptors (Lipinski definition) is 3. The van der Waals surface area contributed by atoms with Gasteiger partial charge in [0.1, 0.15) is 5.83 Å². The van der Waals surface area contributed by atoms with Crippen LogP contribution in [0.15, 0.2) is 18.1 Å². The van der Waals surface area contributed by atoms with E-state index >= 15 is 0 Å². The maximum Gasteiger partial charge on any atom is 0.110 e. The third kappa shape index (κ3) is 2.12. The summed E-state index contributed by atoms with van der Waals surface area (Å²) in [6.45, 7) is 1.95. The zero-order valence-corrected chi connectivity index (χ0v) is 7.20. The zero-order chi connectivity index (χ0) is 9.10. The minimum Gasteiger partial charge on any atom is -0.290 e. The van der Waals surface area contributed by atoms with Crippen molar-refractivity contribution in [3.05, 3.63) is 23.8 Å². The Balaban J connectivity index is 1.93. The molecule has 1 aliphatic rings. The molecule has 1 N–H and O–H groups in total. The van der Waals surface area contributed by atoms with Crippen molar-refractivity contribution in [3.8, 4) is 0 Å². The molecule has 1 aromatic heterocycles. The van der Waals surface area contributed by atoms with Crippen molar-refractivity contribution >= 4 is 0 Å². The highest BCUT2D eigenvalue weighted by Crippen LogP contribution is 2.12. The smallest absolute Gasteiger partial charge is 0.110 e. The van der Waals surface area contributed by atoms with Crippen LogP contribution in [0.3, 0.4) is 0 Å². The highest BCUT2D eigenvalue weighted by atomic mass is 19.1. The predicted octanol–water partition coefficient (Wildman–Crippen LogP) is 0.864. The van der Waals surface area contributed by atoms with Gasteiger partial charge in [0.2, 0.25) is 0 Å². The van der Waals surface area contributed by atoms with Crippen molar-refractivity contribution in [2.45, 2.75) is 13.0 Å². The minimum atomic E-state index is -0.0465. The highest BCUT2D eigenvalue weighted by Gasteiger charge is 2.13. The molecule has 1 aliphatic heterocycles. The maximum atomic E-state index is 12.8. The second kappa shape index (κ2) is 3.66. The summed E-state index contributed by atoms with van der Waals surface area (Å²) < 4.78 is 12.8. The highest BCUT2D eigenvalue weighted by molar-refractivity contribution is 5.01. The molecule has 0 amide bonds. The Morgan fingerprint density at radius 3 is 3.23 bits per heavy atom. The Hall–Kier alpha value is -1.23. The summed E-state index contributed by atoms with van der Waals surface area (Å²) in [5.41, 5.74) is 0.856. The summed E-state index contributed by atoms with van der Waals surface area (Å²) in [6, 6.07) is 0. The first-order valence-electron chi connectivity index (χ1n) is 4.26. The number of hydrogen-bond donors (Lipinski definition) is 1. The predicted molar refractivity (Wildman–Crippen MR) is 45.5 cm³/mol. The summed E-state index contributed by atoms with van der Waals surface area (Å²) in [5.74, 6) is -0.0465. The van der Waals surface area contributed by atoms with E-state index < -0.39 is 0 Å². The fourth-order valence-electron chi connectivity index (χ4n) is 1.43. The van der Waals surface area contributed by atoms with Crippen molar-refractivity contribution in [2.75, 3.05) is 13.1 Å². The van der Waals surface area contributed by atoms with E-state index in [-0.39, 0.29) is 5.83 Å². The summed E-state index contributed by atoms with van der Waals surface area (Å²) in [4.78, 5) is 2.01. The van der Waals surface area contributed by atoms with E-state index in [2.05, 4.69) is 15.4 Å². The lowest BCUT2D eigenvalue weighted by molar-refractivity contribution is 0.256. The molecule has 2 rings (SSSR count). The van der Waals surface area contributed by atoms with Crippen LogP contribution in [0.2, 0.25) is 0 Å². The SMILES string of the molecule is FC1=CCCN(Cc2cn[nH]n2)C1. The first-order valence-corrected chi connectivity index (χ1v) is 4.26. The topological polar surface area (TPSA) is 44.8 Å². The van der Waals surface area contributed by atoms with Crippen LogP contribution in [0.25, 0.3) is 0 Å². The van der Waals surface area contributed by atoms with Gasteiger partial charge in [0.15, 0.2) is 0 Å². The Morgan fingerprint density at radius 1 is 1.62 bits per heavy atom. The van der Waals surface area contributed by atoms with Gasteiger partial charge >= 0.3 is 0 Å². The number of H-pyrrole nitrogens is 1. The summed E-state index contributed by atoms with van der Waals surface area (Å²) in [6.07, 6.45) is 4.08. The molecule has 0 aromatic carbocycles. The second-order valence-electron chi connectivity index (χ2n) is 3.11. The Kier molecular flexibility index (Phi) is 2.35. The molecule has 0 atom stereocenters. The van der Waals surface area contributed by atoms with E-state index in [4.69, 9.17) is 0 Å². The molecule has 0 aliphatic carbocycles. The molecule has 0 bridgehead atoms. The van der Waals surface area contributed by atoms with Crippen LogP contribution >= 0.6 is 0 Å². The van der Waals surface area contributed by atoms with Crippen LogP contribution < -0.4 is 0 Å². The Morgan fingerprint density at radius 2 is 2.54 bits per heavy atom. The molecule has 70 valence electrons. The van der Waals surface area contributed by atoms with Crippen LogP contribution in [0.5, 0.6) is 0 Å². The second-order valence-corrected chi connectivity index (χ2v) is 3.11. The van der Waals surface area contributed by atoms with Crippen LogP contribution in [0, 0.1) is 0 Å².